The number of rotatable bonds is 9. The molecule has 0 aliphatic carbocycles. The number of unbranched alkanes of at least 4 members (excludes halogenated alkanes) is 1. The van der Waals surface area contributed by atoms with Crippen molar-refractivity contribution in [2.75, 3.05) is 27.2 Å². The van der Waals surface area contributed by atoms with Gasteiger partial charge in [-0.25, -0.2) is 4.39 Å². The predicted molar refractivity (Wildman–Crippen MR) is 76.4 cm³/mol. The van der Waals surface area contributed by atoms with E-state index in [1.165, 1.54) is 12.8 Å². The van der Waals surface area contributed by atoms with Crippen molar-refractivity contribution >= 4 is 0 Å². The summed E-state index contributed by atoms with van der Waals surface area (Å²) in [7, 11) is 3.96. The molecule has 0 aliphatic heterocycles. The molecule has 1 N–H and O–H groups in total. The highest BCUT2D eigenvalue weighted by molar-refractivity contribution is 4.74. The first-order chi connectivity index (χ1) is 8.15. The van der Waals surface area contributed by atoms with Crippen LogP contribution in [0.1, 0.15) is 53.4 Å². The molecule has 3 heteroatoms. The topological polar surface area (TPSA) is 15.3 Å². The molecular weight excluding hydrogens is 215 g/mol. The Morgan fingerprint density at radius 3 is 2.18 bits per heavy atom. The summed E-state index contributed by atoms with van der Waals surface area (Å²) in [6.07, 6.45) is 3.24. The maximum atomic E-state index is 13.4. The first kappa shape index (κ1) is 19.2. The van der Waals surface area contributed by atoms with E-state index in [9.17, 15) is 4.39 Å². The lowest BCUT2D eigenvalue weighted by Crippen LogP contribution is -2.38. The van der Waals surface area contributed by atoms with Gasteiger partial charge in [0.2, 0.25) is 0 Å². The molecule has 0 aliphatic rings. The van der Waals surface area contributed by atoms with Gasteiger partial charge in [0, 0.05) is 6.04 Å². The van der Waals surface area contributed by atoms with Crippen molar-refractivity contribution in [3.8, 4) is 0 Å². The van der Waals surface area contributed by atoms with Crippen LogP contribution in [0.5, 0.6) is 0 Å². The van der Waals surface area contributed by atoms with Crippen molar-refractivity contribution in [2.24, 2.45) is 0 Å². The fourth-order valence-electron chi connectivity index (χ4n) is 1.69. The number of nitrogens with zero attached hydrogens (tertiary/aromatic N) is 1. The molecule has 0 radical (unpaired) electrons. The van der Waals surface area contributed by atoms with Crippen LogP contribution in [0.4, 0.5) is 4.39 Å². The summed E-state index contributed by atoms with van der Waals surface area (Å²) in [5, 5.41) is 3.06. The smallest absolute Gasteiger partial charge is 0.115 e. The van der Waals surface area contributed by atoms with E-state index in [4.69, 9.17) is 0 Å². The van der Waals surface area contributed by atoms with Gasteiger partial charge in [0.05, 0.1) is 0 Å². The molecule has 0 rings (SSSR count). The van der Waals surface area contributed by atoms with Gasteiger partial charge in [0.1, 0.15) is 6.17 Å². The largest absolute Gasteiger partial charge is 0.314 e. The molecule has 0 fully saturated rings. The first-order valence-electron chi connectivity index (χ1n) is 7.15. The molecule has 2 nitrogen and oxygen atoms in total. The molecular formula is C14H33FN2. The molecule has 0 aromatic carbocycles. The Balaban J connectivity index is 0. The van der Waals surface area contributed by atoms with Crippen molar-refractivity contribution < 1.29 is 4.39 Å². The van der Waals surface area contributed by atoms with E-state index >= 15 is 0 Å². The van der Waals surface area contributed by atoms with Gasteiger partial charge in [-0.05, 0) is 46.4 Å². The highest BCUT2D eigenvalue weighted by Gasteiger charge is 2.17. The summed E-state index contributed by atoms with van der Waals surface area (Å²) in [6, 6.07) is 0.0130. The molecule has 17 heavy (non-hydrogen) atoms. The summed E-state index contributed by atoms with van der Waals surface area (Å²) in [5.74, 6) is 0. The van der Waals surface area contributed by atoms with Gasteiger partial charge >= 0.3 is 0 Å². The fourth-order valence-corrected chi connectivity index (χ4v) is 1.69. The van der Waals surface area contributed by atoms with Gasteiger partial charge in [0.15, 0.2) is 0 Å². The molecule has 0 aromatic rings. The van der Waals surface area contributed by atoms with Crippen LogP contribution < -0.4 is 5.32 Å². The average molecular weight is 248 g/mol. The van der Waals surface area contributed by atoms with Crippen LogP contribution >= 0.6 is 0 Å². The summed E-state index contributed by atoms with van der Waals surface area (Å²) in [6.45, 7) is 10.2. The third-order valence-corrected chi connectivity index (χ3v) is 2.91. The summed E-state index contributed by atoms with van der Waals surface area (Å²) < 4.78 is 13.4. The second kappa shape index (κ2) is 13.9. The Kier molecular flexibility index (Phi) is 15.7. The fraction of sp³-hybridized carbons (Fsp3) is 1.00. The second-order valence-corrected chi connectivity index (χ2v) is 4.26. The number of nitrogens with one attached hydrogen (secondary N) is 1. The second-order valence-electron chi connectivity index (χ2n) is 4.26. The van der Waals surface area contributed by atoms with E-state index in [2.05, 4.69) is 24.2 Å². The lowest BCUT2D eigenvalue weighted by atomic mass is 10.1. The van der Waals surface area contributed by atoms with E-state index in [0.717, 1.165) is 19.5 Å². The first-order valence-corrected chi connectivity index (χ1v) is 7.15. The van der Waals surface area contributed by atoms with E-state index in [1.807, 2.05) is 27.8 Å². The standard InChI is InChI=1S/C12H27FN2.C2H6/c1-5-7-9-15(4)10-8-12(14-3)11(13)6-2;1-2/h11-12,14H,5-10H2,1-4H3;1-2H3. The van der Waals surface area contributed by atoms with Crippen LogP contribution in [0.15, 0.2) is 0 Å². The van der Waals surface area contributed by atoms with Crippen molar-refractivity contribution in [2.45, 2.75) is 65.6 Å². The quantitative estimate of drug-likeness (QED) is 0.672. The van der Waals surface area contributed by atoms with Crippen LogP contribution in [0.2, 0.25) is 0 Å². The van der Waals surface area contributed by atoms with Crippen LogP contribution in [0.3, 0.4) is 0 Å². The number of hydrogen-bond donors (Lipinski definition) is 1. The van der Waals surface area contributed by atoms with E-state index in [-0.39, 0.29) is 6.04 Å². The SMILES string of the molecule is CC.CCCCN(C)CCC(NC)C(F)CC. The minimum absolute atomic E-state index is 0.0130. The van der Waals surface area contributed by atoms with Crippen molar-refractivity contribution in [1.82, 2.24) is 10.2 Å². The molecule has 0 bridgehead atoms. The number of hydrogen-bond acceptors (Lipinski definition) is 2. The van der Waals surface area contributed by atoms with Gasteiger partial charge < -0.3 is 10.2 Å². The molecule has 2 unspecified atom stereocenters. The van der Waals surface area contributed by atoms with Crippen LogP contribution in [0, 0.1) is 0 Å². The molecule has 0 spiro atoms. The summed E-state index contributed by atoms with van der Waals surface area (Å²) in [4.78, 5) is 2.29. The maximum Gasteiger partial charge on any atom is 0.115 e. The lowest BCUT2D eigenvalue weighted by Gasteiger charge is -2.23. The van der Waals surface area contributed by atoms with Crippen LogP contribution in [-0.2, 0) is 0 Å². The molecule has 0 heterocycles. The van der Waals surface area contributed by atoms with Gasteiger partial charge in [-0.1, -0.05) is 34.1 Å². The normalized spacial score (nSPS) is 14.1. The van der Waals surface area contributed by atoms with Crippen molar-refractivity contribution in [1.29, 1.82) is 0 Å². The van der Waals surface area contributed by atoms with Gasteiger partial charge in [0.25, 0.3) is 0 Å². The predicted octanol–water partition coefficient (Wildman–Crippen LogP) is 3.47. The zero-order valence-corrected chi connectivity index (χ0v) is 12.7. The number of halogens is 1. The highest BCUT2D eigenvalue weighted by atomic mass is 19.1. The molecule has 0 amide bonds. The third kappa shape index (κ3) is 10.7. The van der Waals surface area contributed by atoms with Gasteiger partial charge in [-0.3, -0.25) is 0 Å². The Labute approximate surface area is 108 Å². The van der Waals surface area contributed by atoms with Crippen LogP contribution in [0.25, 0.3) is 0 Å². The number of alkyl halides is 1. The molecule has 0 aromatic heterocycles. The van der Waals surface area contributed by atoms with E-state index < -0.39 is 6.17 Å². The highest BCUT2D eigenvalue weighted by Crippen LogP contribution is 2.08. The zero-order chi connectivity index (χ0) is 13.7. The van der Waals surface area contributed by atoms with Gasteiger partial charge in [-0.2, -0.15) is 0 Å². The van der Waals surface area contributed by atoms with Crippen LogP contribution in [-0.4, -0.2) is 44.3 Å². The summed E-state index contributed by atoms with van der Waals surface area (Å²) in [5.41, 5.74) is 0. The van der Waals surface area contributed by atoms with E-state index in [1.54, 1.807) is 0 Å². The van der Waals surface area contributed by atoms with E-state index in [0.29, 0.717) is 6.42 Å². The Morgan fingerprint density at radius 1 is 1.18 bits per heavy atom. The lowest BCUT2D eigenvalue weighted by molar-refractivity contribution is 0.217. The molecule has 0 saturated heterocycles. The minimum Gasteiger partial charge on any atom is -0.314 e. The monoisotopic (exact) mass is 248 g/mol. The molecule has 2 atom stereocenters. The Bertz CT molecular complexity index is 142. The average Bonchev–Trinajstić information content (AvgIpc) is 2.38. The maximum absolute atomic E-state index is 13.4. The van der Waals surface area contributed by atoms with Crippen molar-refractivity contribution in [3.05, 3.63) is 0 Å². The minimum atomic E-state index is -0.713. The Morgan fingerprint density at radius 2 is 1.76 bits per heavy atom. The zero-order valence-electron chi connectivity index (χ0n) is 12.7. The Hall–Kier alpha value is -0.150. The summed E-state index contributed by atoms with van der Waals surface area (Å²) >= 11 is 0. The van der Waals surface area contributed by atoms with Crippen molar-refractivity contribution in [3.63, 3.8) is 0 Å². The third-order valence-electron chi connectivity index (χ3n) is 2.91. The molecule has 0 saturated carbocycles. The molecule has 106 valence electrons. The van der Waals surface area contributed by atoms with Gasteiger partial charge in [-0.15, -0.1) is 0 Å².